The van der Waals surface area contributed by atoms with E-state index in [0.717, 1.165) is 0 Å². The van der Waals surface area contributed by atoms with Gasteiger partial charge in [0, 0.05) is 18.1 Å². The lowest BCUT2D eigenvalue weighted by Gasteiger charge is -2.02. The molecule has 0 atom stereocenters. The molecule has 3 rings (SSSR count). The van der Waals surface area contributed by atoms with E-state index in [0.29, 0.717) is 16.9 Å². The second kappa shape index (κ2) is 5.71. The van der Waals surface area contributed by atoms with Crippen LogP contribution in [0.4, 0.5) is 0 Å². The highest BCUT2D eigenvalue weighted by Crippen LogP contribution is 2.04. The minimum atomic E-state index is -0.289. The van der Waals surface area contributed by atoms with Crippen LogP contribution in [0.5, 0.6) is 0 Å². The molecule has 1 aromatic carbocycles. The van der Waals surface area contributed by atoms with Crippen LogP contribution in [0.3, 0.4) is 0 Å². The normalized spacial score (nSPS) is 11.7. The molecule has 0 radical (unpaired) electrons. The molecule has 0 bridgehead atoms. The Hall–Kier alpha value is -2.40. The van der Waals surface area contributed by atoms with Gasteiger partial charge in [-0.15, -0.1) is 11.3 Å². The molecule has 0 spiro atoms. The zero-order chi connectivity index (χ0) is 13.8. The van der Waals surface area contributed by atoms with E-state index < -0.39 is 0 Å². The highest BCUT2D eigenvalue weighted by Gasteiger charge is 2.06. The Bertz CT molecular complexity index is 755. The molecular weight excluding hydrogens is 272 g/mol. The number of aromatic nitrogens is 1. The van der Waals surface area contributed by atoms with Gasteiger partial charge >= 0.3 is 0 Å². The van der Waals surface area contributed by atoms with E-state index in [2.05, 4.69) is 4.99 Å². The zero-order valence-electron chi connectivity index (χ0n) is 10.6. The number of hydrogen-bond acceptors (Lipinski definition) is 3. The molecule has 0 aliphatic heterocycles. The molecule has 0 saturated heterocycles. The first kappa shape index (κ1) is 12.6. The van der Waals surface area contributed by atoms with Crippen LogP contribution in [-0.2, 0) is 6.54 Å². The SMILES string of the molecule is O=C(N=c1sccn1Cc1ccccc1)c1ccoc1. The van der Waals surface area contributed by atoms with E-state index in [1.165, 1.54) is 29.4 Å². The minimum absolute atomic E-state index is 0.289. The van der Waals surface area contributed by atoms with Crippen molar-refractivity contribution in [2.24, 2.45) is 4.99 Å². The number of benzene rings is 1. The Labute approximate surface area is 119 Å². The summed E-state index contributed by atoms with van der Waals surface area (Å²) in [6, 6.07) is 11.7. The van der Waals surface area contributed by atoms with Crippen molar-refractivity contribution < 1.29 is 9.21 Å². The van der Waals surface area contributed by atoms with Crippen LogP contribution < -0.4 is 4.80 Å². The molecule has 5 heteroatoms. The summed E-state index contributed by atoms with van der Waals surface area (Å²) in [6.07, 6.45) is 4.80. The fourth-order valence-corrected chi connectivity index (χ4v) is 2.55. The summed E-state index contributed by atoms with van der Waals surface area (Å²) in [6.45, 7) is 0.696. The van der Waals surface area contributed by atoms with Crippen LogP contribution in [0.2, 0.25) is 0 Å². The van der Waals surface area contributed by atoms with Crippen molar-refractivity contribution in [1.82, 2.24) is 4.57 Å². The van der Waals surface area contributed by atoms with Gasteiger partial charge in [-0.2, -0.15) is 4.99 Å². The molecule has 0 N–H and O–H groups in total. The van der Waals surface area contributed by atoms with Gasteiger partial charge in [-0.05, 0) is 11.6 Å². The van der Waals surface area contributed by atoms with Crippen molar-refractivity contribution in [3.63, 3.8) is 0 Å². The van der Waals surface area contributed by atoms with Crippen LogP contribution in [-0.4, -0.2) is 10.5 Å². The molecule has 1 amide bonds. The summed E-state index contributed by atoms with van der Waals surface area (Å²) in [5, 5.41) is 1.92. The lowest BCUT2D eigenvalue weighted by atomic mass is 10.2. The summed E-state index contributed by atoms with van der Waals surface area (Å²) in [4.78, 5) is 16.8. The third-order valence-corrected chi connectivity index (χ3v) is 3.62. The second-order valence-corrected chi connectivity index (χ2v) is 5.10. The van der Waals surface area contributed by atoms with Crippen molar-refractivity contribution in [1.29, 1.82) is 0 Å². The van der Waals surface area contributed by atoms with E-state index in [9.17, 15) is 4.79 Å². The Kier molecular flexibility index (Phi) is 3.60. The maximum Gasteiger partial charge on any atom is 0.282 e. The summed E-state index contributed by atoms with van der Waals surface area (Å²) < 4.78 is 6.85. The van der Waals surface area contributed by atoms with Crippen molar-refractivity contribution in [3.8, 4) is 0 Å². The molecular formula is C15H12N2O2S. The van der Waals surface area contributed by atoms with E-state index in [1.54, 1.807) is 6.07 Å². The highest BCUT2D eigenvalue weighted by atomic mass is 32.1. The quantitative estimate of drug-likeness (QED) is 0.742. The molecule has 0 aliphatic rings. The Balaban J connectivity index is 1.89. The fraction of sp³-hybridized carbons (Fsp3) is 0.0667. The third kappa shape index (κ3) is 2.78. The topological polar surface area (TPSA) is 47.5 Å². The Morgan fingerprint density at radius 3 is 2.85 bits per heavy atom. The molecule has 0 aliphatic carbocycles. The predicted molar refractivity (Wildman–Crippen MR) is 76.5 cm³/mol. The number of amides is 1. The van der Waals surface area contributed by atoms with Crippen molar-refractivity contribution in [2.75, 3.05) is 0 Å². The number of furan rings is 1. The molecule has 3 aromatic rings. The highest BCUT2D eigenvalue weighted by molar-refractivity contribution is 7.07. The molecule has 0 unspecified atom stereocenters. The summed E-state index contributed by atoms with van der Waals surface area (Å²) in [5.74, 6) is -0.289. The number of thiazole rings is 1. The maximum atomic E-state index is 11.9. The van der Waals surface area contributed by atoms with Gasteiger partial charge in [0.15, 0.2) is 4.80 Å². The summed E-state index contributed by atoms with van der Waals surface area (Å²) in [7, 11) is 0. The fourth-order valence-electron chi connectivity index (χ4n) is 1.82. The van der Waals surface area contributed by atoms with Gasteiger partial charge in [0.2, 0.25) is 0 Å². The predicted octanol–water partition coefficient (Wildman–Crippen LogP) is 2.93. The number of carbonyl (C=O) groups is 1. The van der Waals surface area contributed by atoms with Crippen LogP contribution in [0.25, 0.3) is 0 Å². The first-order chi connectivity index (χ1) is 9.83. The lowest BCUT2D eigenvalue weighted by molar-refractivity contribution is 0.0997. The average molecular weight is 284 g/mol. The van der Waals surface area contributed by atoms with Gasteiger partial charge in [0.25, 0.3) is 5.91 Å². The summed E-state index contributed by atoms with van der Waals surface area (Å²) in [5.41, 5.74) is 1.63. The first-order valence-electron chi connectivity index (χ1n) is 6.12. The van der Waals surface area contributed by atoms with Crippen molar-refractivity contribution in [3.05, 3.63) is 76.4 Å². The zero-order valence-corrected chi connectivity index (χ0v) is 11.4. The van der Waals surface area contributed by atoms with E-state index in [4.69, 9.17) is 4.42 Å². The Morgan fingerprint density at radius 1 is 1.25 bits per heavy atom. The molecule has 0 saturated carbocycles. The van der Waals surface area contributed by atoms with E-state index in [1.807, 2.05) is 46.5 Å². The van der Waals surface area contributed by atoms with Gasteiger partial charge in [-0.25, -0.2) is 0 Å². The molecule has 4 nitrogen and oxygen atoms in total. The van der Waals surface area contributed by atoms with Crippen molar-refractivity contribution >= 4 is 17.2 Å². The average Bonchev–Trinajstić information content (AvgIpc) is 3.12. The van der Waals surface area contributed by atoms with Crippen LogP contribution in [0, 0.1) is 0 Å². The maximum absolute atomic E-state index is 11.9. The molecule has 2 aromatic heterocycles. The summed E-state index contributed by atoms with van der Waals surface area (Å²) >= 11 is 1.44. The van der Waals surface area contributed by atoms with Crippen LogP contribution >= 0.6 is 11.3 Å². The molecule has 0 fully saturated rings. The van der Waals surface area contributed by atoms with Gasteiger partial charge in [-0.3, -0.25) is 4.79 Å². The molecule has 20 heavy (non-hydrogen) atoms. The molecule has 100 valence electrons. The minimum Gasteiger partial charge on any atom is -0.472 e. The van der Waals surface area contributed by atoms with Crippen LogP contribution in [0.15, 0.2) is 69.9 Å². The van der Waals surface area contributed by atoms with Gasteiger partial charge < -0.3 is 8.98 Å². The van der Waals surface area contributed by atoms with Crippen LogP contribution in [0.1, 0.15) is 15.9 Å². The first-order valence-corrected chi connectivity index (χ1v) is 7.00. The number of nitrogens with zero attached hydrogens (tertiary/aromatic N) is 2. The number of rotatable bonds is 3. The lowest BCUT2D eigenvalue weighted by Crippen LogP contribution is -2.16. The molecule has 2 heterocycles. The van der Waals surface area contributed by atoms with Gasteiger partial charge in [0.1, 0.15) is 6.26 Å². The monoisotopic (exact) mass is 284 g/mol. The standard InChI is InChI=1S/C15H12N2O2S/c18-14(13-6-8-19-11-13)16-15-17(7-9-20-15)10-12-4-2-1-3-5-12/h1-9,11H,10H2. The number of hydrogen-bond donors (Lipinski definition) is 0. The Morgan fingerprint density at radius 2 is 2.10 bits per heavy atom. The second-order valence-electron chi connectivity index (χ2n) is 4.23. The van der Waals surface area contributed by atoms with E-state index >= 15 is 0 Å². The smallest absolute Gasteiger partial charge is 0.282 e. The van der Waals surface area contributed by atoms with E-state index in [-0.39, 0.29) is 5.91 Å². The van der Waals surface area contributed by atoms with Gasteiger partial charge in [0.05, 0.1) is 11.8 Å². The van der Waals surface area contributed by atoms with Crippen molar-refractivity contribution in [2.45, 2.75) is 6.54 Å². The third-order valence-electron chi connectivity index (χ3n) is 2.82. The van der Waals surface area contributed by atoms with Gasteiger partial charge in [-0.1, -0.05) is 30.3 Å². The number of carbonyl (C=O) groups excluding carboxylic acids is 1. The largest absolute Gasteiger partial charge is 0.472 e.